The van der Waals surface area contributed by atoms with Gasteiger partial charge in [0.25, 0.3) is 0 Å². The van der Waals surface area contributed by atoms with Crippen LogP contribution in [0.4, 0.5) is 0 Å². The first kappa shape index (κ1) is 15.8. The molecule has 0 spiro atoms. The van der Waals surface area contributed by atoms with Crippen molar-refractivity contribution in [1.29, 1.82) is 0 Å². The van der Waals surface area contributed by atoms with Crippen LogP contribution in [0.5, 0.6) is 0 Å². The summed E-state index contributed by atoms with van der Waals surface area (Å²) in [6.07, 6.45) is 9.02. The summed E-state index contributed by atoms with van der Waals surface area (Å²) in [7, 11) is 0. The van der Waals surface area contributed by atoms with Gasteiger partial charge in [-0.25, -0.2) is 0 Å². The molecule has 3 nitrogen and oxygen atoms in total. The normalized spacial score (nSPS) is 35.9. The van der Waals surface area contributed by atoms with Gasteiger partial charge in [0.1, 0.15) is 0 Å². The van der Waals surface area contributed by atoms with Crippen molar-refractivity contribution in [3.8, 4) is 0 Å². The molecule has 3 N–H and O–H groups in total. The quantitative estimate of drug-likeness (QED) is 0.831. The molecule has 0 aromatic rings. The zero-order valence-electron chi connectivity index (χ0n) is 11.4. The topological polar surface area (TPSA) is 55.1 Å². The Morgan fingerprint density at radius 1 is 1.17 bits per heavy atom. The van der Waals surface area contributed by atoms with Crippen LogP contribution in [0.3, 0.4) is 0 Å². The number of amides is 1. The van der Waals surface area contributed by atoms with Gasteiger partial charge in [-0.3, -0.25) is 4.79 Å². The van der Waals surface area contributed by atoms with Crippen molar-refractivity contribution in [3.63, 3.8) is 0 Å². The number of hydrogen-bond donors (Lipinski definition) is 2. The fraction of sp³-hybridized carbons (Fsp3) is 0.929. The van der Waals surface area contributed by atoms with E-state index in [2.05, 4.69) is 12.2 Å². The number of carbonyl (C=O) groups excluding carboxylic acids is 1. The van der Waals surface area contributed by atoms with E-state index in [1.54, 1.807) is 0 Å². The molecule has 4 heteroatoms. The predicted molar refractivity (Wildman–Crippen MR) is 76.7 cm³/mol. The number of nitrogens with two attached hydrogens (primary N) is 1. The van der Waals surface area contributed by atoms with Gasteiger partial charge in [-0.1, -0.05) is 26.2 Å². The van der Waals surface area contributed by atoms with Crippen LogP contribution in [0.15, 0.2) is 0 Å². The molecule has 4 unspecified atom stereocenters. The van der Waals surface area contributed by atoms with Crippen LogP contribution in [-0.2, 0) is 4.79 Å². The smallest absolute Gasteiger partial charge is 0.220 e. The van der Waals surface area contributed by atoms with Gasteiger partial charge in [0.15, 0.2) is 0 Å². The summed E-state index contributed by atoms with van der Waals surface area (Å²) in [6, 6.07) is 0.665. The second kappa shape index (κ2) is 7.34. The van der Waals surface area contributed by atoms with Gasteiger partial charge >= 0.3 is 0 Å². The Kier molecular flexibility index (Phi) is 6.44. The van der Waals surface area contributed by atoms with Crippen LogP contribution in [0.1, 0.15) is 58.3 Å². The molecule has 0 aromatic carbocycles. The third kappa shape index (κ3) is 4.13. The predicted octanol–water partition coefficient (Wildman–Crippen LogP) is 2.62. The van der Waals surface area contributed by atoms with E-state index in [0.29, 0.717) is 24.3 Å². The summed E-state index contributed by atoms with van der Waals surface area (Å²) in [4.78, 5) is 12.0. The second-order valence-corrected chi connectivity index (χ2v) is 5.99. The Labute approximate surface area is 117 Å². The van der Waals surface area contributed by atoms with Gasteiger partial charge in [0.2, 0.25) is 5.91 Å². The highest BCUT2D eigenvalue weighted by Gasteiger charge is 2.28. The fourth-order valence-electron chi connectivity index (χ4n) is 3.35. The van der Waals surface area contributed by atoms with Crippen molar-refractivity contribution < 1.29 is 4.79 Å². The molecule has 0 saturated heterocycles. The number of hydrogen-bond acceptors (Lipinski definition) is 2. The van der Waals surface area contributed by atoms with Gasteiger partial charge in [0, 0.05) is 18.5 Å². The lowest BCUT2D eigenvalue weighted by atomic mass is 9.83. The van der Waals surface area contributed by atoms with E-state index in [9.17, 15) is 4.79 Å². The van der Waals surface area contributed by atoms with E-state index in [1.165, 1.54) is 25.7 Å². The molecule has 0 aromatic heterocycles. The van der Waals surface area contributed by atoms with Crippen molar-refractivity contribution in [3.05, 3.63) is 0 Å². The van der Waals surface area contributed by atoms with E-state index in [0.717, 1.165) is 19.3 Å². The Balaban J connectivity index is 0.00000162. The molecular formula is C14H27ClN2O. The summed E-state index contributed by atoms with van der Waals surface area (Å²) >= 11 is 0. The summed E-state index contributed by atoms with van der Waals surface area (Å²) in [6.45, 7) is 2.24. The minimum Gasteiger partial charge on any atom is -0.353 e. The maximum absolute atomic E-state index is 12.0. The van der Waals surface area contributed by atoms with Gasteiger partial charge in [0.05, 0.1) is 0 Å². The number of rotatable bonds is 3. The molecule has 2 fully saturated rings. The molecule has 2 aliphatic rings. The Morgan fingerprint density at radius 2 is 1.89 bits per heavy atom. The third-order valence-corrected chi connectivity index (χ3v) is 4.62. The Hall–Kier alpha value is -0.280. The molecule has 18 heavy (non-hydrogen) atoms. The van der Waals surface area contributed by atoms with Crippen molar-refractivity contribution in [2.75, 3.05) is 0 Å². The van der Waals surface area contributed by atoms with Crippen molar-refractivity contribution in [1.82, 2.24) is 5.32 Å². The van der Waals surface area contributed by atoms with Crippen molar-refractivity contribution >= 4 is 18.3 Å². The van der Waals surface area contributed by atoms with Gasteiger partial charge in [-0.05, 0) is 37.5 Å². The first-order chi connectivity index (χ1) is 8.16. The van der Waals surface area contributed by atoms with E-state index in [-0.39, 0.29) is 24.4 Å². The Bertz CT molecular complexity index is 273. The molecule has 0 heterocycles. The average Bonchev–Trinajstić information content (AvgIpc) is 2.68. The maximum atomic E-state index is 12.0. The number of nitrogens with one attached hydrogen (secondary N) is 1. The van der Waals surface area contributed by atoms with E-state index in [1.807, 2.05) is 0 Å². The van der Waals surface area contributed by atoms with Gasteiger partial charge in [-0.15, -0.1) is 12.4 Å². The highest BCUT2D eigenvalue weighted by Crippen LogP contribution is 2.27. The lowest BCUT2D eigenvalue weighted by Crippen LogP contribution is -2.41. The highest BCUT2D eigenvalue weighted by molar-refractivity contribution is 5.85. The molecule has 4 atom stereocenters. The summed E-state index contributed by atoms with van der Waals surface area (Å²) in [5, 5.41) is 3.20. The van der Waals surface area contributed by atoms with Crippen LogP contribution in [-0.4, -0.2) is 18.0 Å². The van der Waals surface area contributed by atoms with Gasteiger partial charge < -0.3 is 11.1 Å². The molecule has 106 valence electrons. The highest BCUT2D eigenvalue weighted by atomic mass is 35.5. The molecule has 2 aliphatic carbocycles. The standard InChI is InChI=1S/C14H26N2O.ClH/c1-10-5-4-8-13(10)16-14(17)9-11-6-2-3-7-12(11)15;/h10-13H,2-9,15H2,1H3,(H,16,17);1H. The lowest BCUT2D eigenvalue weighted by Gasteiger charge is -2.28. The first-order valence-electron chi connectivity index (χ1n) is 7.21. The van der Waals surface area contributed by atoms with E-state index >= 15 is 0 Å². The summed E-state index contributed by atoms with van der Waals surface area (Å²) in [5.41, 5.74) is 6.08. The Morgan fingerprint density at radius 3 is 2.50 bits per heavy atom. The number of halogens is 1. The monoisotopic (exact) mass is 274 g/mol. The van der Waals surface area contributed by atoms with Crippen molar-refractivity contribution in [2.45, 2.75) is 70.4 Å². The minimum absolute atomic E-state index is 0. The minimum atomic E-state index is 0. The van der Waals surface area contributed by atoms with Gasteiger partial charge in [-0.2, -0.15) is 0 Å². The van der Waals surface area contributed by atoms with Crippen LogP contribution < -0.4 is 11.1 Å². The van der Waals surface area contributed by atoms with E-state index < -0.39 is 0 Å². The van der Waals surface area contributed by atoms with Crippen LogP contribution in [0.2, 0.25) is 0 Å². The van der Waals surface area contributed by atoms with E-state index in [4.69, 9.17) is 5.73 Å². The molecule has 2 rings (SSSR count). The molecular weight excluding hydrogens is 248 g/mol. The molecule has 0 bridgehead atoms. The fourth-order valence-corrected chi connectivity index (χ4v) is 3.35. The lowest BCUT2D eigenvalue weighted by molar-refractivity contribution is -0.123. The molecule has 1 amide bonds. The number of carbonyl (C=O) groups is 1. The molecule has 0 radical (unpaired) electrons. The largest absolute Gasteiger partial charge is 0.353 e. The zero-order valence-corrected chi connectivity index (χ0v) is 12.2. The summed E-state index contributed by atoms with van der Waals surface area (Å²) in [5.74, 6) is 1.30. The summed E-state index contributed by atoms with van der Waals surface area (Å²) < 4.78 is 0. The van der Waals surface area contributed by atoms with Crippen LogP contribution in [0.25, 0.3) is 0 Å². The molecule has 0 aliphatic heterocycles. The zero-order chi connectivity index (χ0) is 12.3. The maximum Gasteiger partial charge on any atom is 0.220 e. The third-order valence-electron chi connectivity index (χ3n) is 4.62. The molecule has 2 saturated carbocycles. The van der Waals surface area contributed by atoms with Crippen LogP contribution in [0, 0.1) is 11.8 Å². The average molecular weight is 275 g/mol. The SMILES string of the molecule is CC1CCCC1NC(=O)CC1CCCCC1N.Cl. The van der Waals surface area contributed by atoms with Crippen LogP contribution >= 0.6 is 12.4 Å². The van der Waals surface area contributed by atoms with Crippen molar-refractivity contribution in [2.24, 2.45) is 17.6 Å². The second-order valence-electron chi connectivity index (χ2n) is 5.99. The first-order valence-corrected chi connectivity index (χ1v) is 7.21.